The Balaban J connectivity index is -0.000000256. The van der Waals surface area contributed by atoms with Crippen molar-refractivity contribution in [1.82, 2.24) is 0 Å². The van der Waals surface area contributed by atoms with Gasteiger partial charge in [0.05, 0.1) is 0 Å². The average molecular weight is 366 g/mol. The second-order valence-corrected chi connectivity index (χ2v) is 5.10. The standard InChI is InChI=1S/2C3H4O2.2Cr.Mg.6O/c2*1-2-3(4)5;;;;;;;;;/h2*2H,1H2,(H,4,5);;;;;;;;;/q;;2*+1;+2;;;;;2*-1/p-2. The van der Waals surface area contributed by atoms with Crippen LogP contribution >= 0.6 is 0 Å². The molecular formula is C6H6Cr2MgO10. The Morgan fingerprint density at radius 1 is 0.842 bits per heavy atom. The minimum Gasteiger partial charge on any atom is 2.00 e. The van der Waals surface area contributed by atoms with Crippen molar-refractivity contribution >= 4 is 35.0 Å². The topological polar surface area (TPSA) is 167 Å². The van der Waals surface area contributed by atoms with E-state index in [0.717, 1.165) is 0 Å². The molecule has 0 amide bonds. The summed E-state index contributed by atoms with van der Waals surface area (Å²) in [6.07, 6.45) is 1.19. The van der Waals surface area contributed by atoms with E-state index in [4.69, 9.17) is 0 Å². The van der Waals surface area contributed by atoms with Crippen LogP contribution in [0.3, 0.4) is 0 Å². The van der Waals surface area contributed by atoms with Crippen molar-refractivity contribution in [3.05, 3.63) is 25.3 Å². The van der Waals surface area contributed by atoms with Gasteiger partial charge in [0.1, 0.15) is 0 Å². The van der Waals surface area contributed by atoms with Crippen LogP contribution in [0.4, 0.5) is 0 Å². The SMILES string of the molecule is C=CC(=O)[O][Cr](=[O])(=[O])[O-].C=CC(=O)[O][Cr](=[O])(=[O])[O-].[Mg+2]. The van der Waals surface area contributed by atoms with Crippen LogP contribution in [0.25, 0.3) is 0 Å². The quantitative estimate of drug-likeness (QED) is 0.372. The Hall–Kier alpha value is -0.629. The molecule has 0 aliphatic carbocycles. The zero-order valence-corrected chi connectivity index (χ0v) is 13.1. The molecule has 13 heteroatoms. The maximum Gasteiger partial charge on any atom is 2.00 e. The molecule has 0 N–H and O–H groups in total. The van der Waals surface area contributed by atoms with Crippen molar-refractivity contribution < 1.29 is 67.9 Å². The molecule has 19 heavy (non-hydrogen) atoms. The molecule has 10 nitrogen and oxygen atoms in total. The summed E-state index contributed by atoms with van der Waals surface area (Å²) in [4.78, 5) is 19.9. The van der Waals surface area contributed by atoms with Crippen molar-refractivity contribution in [2.45, 2.75) is 0 Å². The smallest absolute Gasteiger partial charge is 2.00 e. The zero-order valence-electron chi connectivity index (χ0n) is 9.18. The van der Waals surface area contributed by atoms with Gasteiger partial charge in [-0.2, -0.15) is 0 Å². The van der Waals surface area contributed by atoms with Crippen LogP contribution in [0.15, 0.2) is 25.3 Å². The van der Waals surface area contributed by atoms with E-state index in [0.29, 0.717) is 12.2 Å². The first-order valence-corrected chi connectivity index (χ1v) is 7.71. The third-order valence-electron chi connectivity index (χ3n) is 0.702. The van der Waals surface area contributed by atoms with Crippen LogP contribution in [0, 0.1) is 0 Å². The third-order valence-corrected chi connectivity index (χ3v) is 1.85. The number of carbonyl (C=O) groups excluding carboxylic acids is 2. The number of carbonyl (C=O) groups is 2. The van der Waals surface area contributed by atoms with E-state index in [1.165, 1.54) is 0 Å². The summed E-state index contributed by atoms with van der Waals surface area (Å²) in [5.74, 6) is -2.48. The predicted octanol–water partition coefficient (Wildman–Crippen LogP) is -2.88. The van der Waals surface area contributed by atoms with E-state index < -0.39 is 39.2 Å². The first kappa shape index (κ1) is 23.5. The summed E-state index contributed by atoms with van der Waals surface area (Å²) in [7, 11) is 0. The van der Waals surface area contributed by atoms with Crippen LogP contribution in [-0.4, -0.2) is 35.0 Å². The summed E-state index contributed by atoms with van der Waals surface area (Å²) in [5, 5.41) is 0. The fourth-order valence-corrected chi connectivity index (χ4v) is 1.11. The van der Waals surface area contributed by atoms with E-state index in [1.807, 2.05) is 0 Å². The summed E-state index contributed by atoms with van der Waals surface area (Å²) in [6, 6.07) is 0. The van der Waals surface area contributed by atoms with Gasteiger partial charge >= 0.3 is 128 Å². The Labute approximate surface area is 128 Å². The average Bonchev–Trinajstić information content (AvgIpc) is 2.13. The molecule has 0 aromatic carbocycles. The van der Waals surface area contributed by atoms with E-state index >= 15 is 0 Å². The first-order valence-electron chi connectivity index (χ1n) is 3.54. The Morgan fingerprint density at radius 3 is 1.11 bits per heavy atom. The summed E-state index contributed by atoms with van der Waals surface area (Å²) >= 11 is -11.1. The minimum atomic E-state index is -5.57. The van der Waals surface area contributed by atoms with Crippen molar-refractivity contribution in [2.24, 2.45) is 0 Å². The van der Waals surface area contributed by atoms with Crippen molar-refractivity contribution in [2.75, 3.05) is 0 Å². The van der Waals surface area contributed by atoms with Crippen molar-refractivity contribution in [3.63, 3.8) is 0 Å². The molecule has 0 fully saturated rings. The molecule has 0 aliphatic heterocycles. The molecule has 0 atom stereocenters. The van der Waals surface area contributed by atoms with Gasteiger partial charge in [-0.3, -0.25) is 0 Å². The Bertz CT molecular complexity index is 480. The normalized spacial score (nSPS) is 9.79. The van der Waals surface area contributed by atoms with Gasteiger partial charge in [0, 0.05) is 0 Å². The molecule has 0 aromatic rings. The first-order chi connectivity index (χ1) is 7.91. The van der Waals surface area contributed by atoms with Gasteiger partial charge in [-0.15, -0.1) is 0 Å². The molecule has 0 aromatic heterocycles. The van der Waals surface area contributed by atoms with Crippen molar-refractivity contribution in [1.29, 1.82) is 0 Å². The van der Waals surface area contributed by atoms with Gasteiger partial charge in [-0.1, -0.05) is 0 Å². The molecule has 0 saturated heterocycles. The maximum absolute atomic E-state index is 9.93. The molecule has 104 valence electrons. The van der Waals surface area contributed by atoms with E-state index in [-0.39, 0.29) is 23.1 Å². The van der Waals surface area contributed by atoms with E-state index in [9.17, 15) is 33.1 Å². The molecule has 0 bridgehead atoms. The number of hydrogen-bond acceptors (Lipinski definition) is 10. The van der Waals surface area contributed by atoms with E-state index in [2.05, 4.69) is 20.7 Å². The zero-order chi connectivity index (χ0) is 15.0. The fraction of sp³-hybridized carbons (Fsp3) is 0. The molecule has 0 spiro atoms. The second kappa shape index (κ2) is 10.2. The van der Waals surface area contributed by atoms with Gasteiger partial charge in [0.25, 0.3) is 0 Å². The summed E-state index contributed by atoms with van der Waals surface area (Å²) < 4.78 is 64.4. The predicted molar refractivity (Wildman–Crippen MR) is 41.1 cm³/mol. The van der Waals surface area contributed by atoms with Gasteiger partial charge in [-0.25, -0.2) is 0 Å². The van der Waals surface area contributed by atoms with E-state index in [1.54, 1.807) is 0 Å². The van der Waals surface area contributed by atoms with Crippen LogP contribution < -0.4 is 8.32 Å². The Kier molecular flexibility index (Phi) is 12.6. The molecule has 0 saturated carbocycles. The van der Waals surface area contributed by atoms with Crippen molar-refractivity contribution in [3.8, 4) is 0 Å². The molecule has 0 unspecified atom stereocenters. The van der Waals surface area contributed by atoms with Gasteiger partial charge in [-0.05, 0) is 0 Å². The minimum absolute atomic E-state index is 0. The van der Waals surface area contributed by atoms with Crippen LogP contribution in [0.1, 0.15) is 0 Å². The van der Waals surface area contributed by atoms with Crippen LogP contribution in [0.5, 0.6) is 0 Å². The summed E-state index contributed by atoms with van der Waals surface area (Å²) in [6.45, 7) is 5.76. The van der Waals surface area contributed by atoms with Gasteiger partial charge < -0.3 is 0 Å². The maximum atomic E-state index is 9.93. The molecular weight excluding hydrogens is 360 g/mol. The molecule has 0 heterocycles. The number of hydrogen-bond donors (Lipinski definition) is 0. The summed E-state index contributed by atoms with van der Waals surface area (Å²) in [5.41, 5.74) is 0. The molecule has 0 rings (SSSR count). The third kappa shape index (κ3) is 23.0. The van der Waals surface area contributed by atoms with Gasteiger partial charge in [0.2, 0.25) is 0 Å². The largest absolute Gasteiger partial charge is 2.00 e. The van der Waals surface area contributed by atoms with Gasteiger partial charge in [0.15, 0.2) is 0 Å². The van der Waals surface area contributed by atoms with Crippen LogP contribution in [0.2, 0.25) is 0 Å². The molecule has 0 radical (unpaired) electrons. The molecule has 0 aliphatic rings. The fourth-order valence-electron chi connectivity index (χ4n) is 0.269. The second-order valence-electron chi connectivity index (χ2n) is 2.03. The monoisotopic (exact) mass is 366 g/mol. The number of rotatable bonds is 4. The Morgan fingerprint density at radius 2 is 1.05 bits per heavy atom. The van der Waals surface area contributed by atoms with Crippen LogP contribution in [-0.2, 0) is 59.6 Å².